The van der Waals surface area contributed by atoms with Crippen LogP contribution < -0.4 is 10.6 Å². The molecule has 156 valence electrons. The number of nitrogens with two attached hydrogens (primary N) is 1. The fraction of sp³-hybridized carbons (Fsp3) is 0.217. The Kier molecular flexibility index (Phi) is 5.25. The summed E-state index contributed by atoms with van der Waals surface area (Å²) >= 11 is 6.33. The van der Waals surface area contributed by atoms with Gasteiger partial charge in [0.05, 0.1) is 28.2 Å². The molecule has 0 radical (unpaired) electrons. The minimum atomic E-state index is -0.747. The number of nitro benzene ring substituents is 1. The van der Waals surface area contributed by atoms with Crippen LogP contribution >= 0.6 is 11.6 Å². The lowest BCUT2D eigenvalue weighted by Crippen LogP contribution is -2.39. The lowest BCUT2D eigenvalue weighted by molar-refractivity contribution is -0.384. The van der Waals surface area contributed by atoms with Crippen LogP contribution in [0.2, 0.25) is 5.02 Å². The zero-order valence-electron chi connectivity index (χ0n) is 16.8. The van der Waals surface area contributed by atoms with Gasteiger partial charge in [-0.1, -0.05) is 29.8 Å². The van der Waals surface area contributed by atoms with Gasteiger partial charge in [-0.25, -0.2) is 0 Å². The molecule has 2 aromatic rings. The smallest absolute Gasteiger partial charge is 0.269 e. The highest BCUT2D eigenvalue weighted by Crippen LogP contribution is 2.47. The number of non-ortho nitro benzene ring substituents is 1. The maximum atomic E-state index is 13.1. The molecule has 2 aromatic carbocycles. The molecule has 1 aliphatic carbocycles. The third-order valence-electron chi connectivity index (χ3n) is 5.81. The average molecular weight is 435 g/mol. The fourth-order valence-corrected chi connectivity index (χ4v) is 4.52. The fourth-order valence-electron chi connectivity index (χ4n) is 4.35. The molecule has 0 spiro atoms. The molecule has 2 N–H and O–H groups in total. The van der Waals surface area contributed by atoms with E-state index in [9.17, 15) is 20.2 Å². The van der Waals surface area contributed by atoms with Gasteiger partial charge in [0, 0.05) is 34.8 Å². The van der Waals surface area contributed by atoms with Crippen molar-refractivity contribution in [3.05, 3.63) is 91.4 Å². The number of carbonyl (C=O) groups excluding carboxylic acids is 1. The van der Waals surface area contributed by atoms with E-state index >= 15 is 0 Å². The maximum Gasteiger partial charge on any atom is 0.269 e. The van der Waals surface area contributed by atoms with Crippen LogP contribution in [0.25, 0.3) is 0 Å². The van der Waals surface area contributed by atoms with Crippen LogP contribution in [-0.2, 0) is 4.79 Å². The first-order valence-corrected chi connectivity index (χ1v) is 10.2. The second-order valence-corrected chi connectivity index (χ2v) is 7.96. The molecule has 1 heterocycles. The van der Waals surface area contributed by atoms with E-state index in [2.05, 4.69) is 6.07 Å². The number of ketones is 1. The Morgan fingerprint density at radius 2 is 2.00 bits per heavy atom. The van der Waals surface area contributed by atoms with E-state index in [4.69, 9.17) is 17.3 Å². The van der Waals surface area contributed by atoms with Crippen LogP contribution in [0.4, 0.5) is 11.4 Å². The summed E-state index contributed by atoms with van der Waals surface area (Å²) in [4.78, 5) is 25.7. The zero-order chi connectivity index (χ0) is 22.3. The first-order chi connectivity index (χ1) is 14.8. The van der Waals surface area contributed by atoms with E-state index in [0.29, 0.717) is 41.1 Å². The summed E-state index contributed by atoms with van der Waals surface area (Å²) in [6, 6.07) is 13.6. The molecule has 31 heavy (non-hydrogen) atoms. The topological polar surface area (TPSA) is 113 Å². The minimum Gasteiger partial charge on any atom is -0.384 e. The average Bonchev–Trinajstić information content (AvgIpc) is 2.75. The molecular formula is C23H19ClN4O3. The third kappa shape index (κ3) is 3.35. The second-order valence-electron chi connectivity index (χ2n) is 7.55. The second kappa shape index (κ2) is 7.89. The van der Waals surface area contributed by atoms with E-state index in [1.165, 1.54) is 12.1 Å². The molecule has 1 aliphatic heterocycles. The van der Waals surface area contributed by atoms with Crippen molar-refractivity contribution in [2.45, 2.75) is 32.1 Å². The molecule has 8 heteroatoms. The van der Waals surface area contributed by atoms with E-state index in [0.717, 1.165) is 11.3 Å². The Bertz CT molecular complexity index is 1230. The minimum absolute atomic E-state index is 0.0808. The Hall–Kier alpha value is -3.63. The number of hydrogen-bond acceptors (Lipinski definition) is 6. The van der Waals surface area contributed by atoms with Crippen LogP contribution in [0.3, 0.4) is 0 Å². The maximum absolute atomic E-state index is 13.1. The van der Waals surface area contributed by atoms with Crippen molar-refractivity contribution in [1.29, 1.82) is 5.26 Å². The number of nitriles is 1. The van der Waals surface area contributed by atoms with Crippen LogP contribution in [0.5, 0.6) is 0 Å². The van der Waals surface area contributed by atoms with Gasteiger partial charge in [0.1, 0.15) is 5.82 Å². The van der Waals surface area contributed by atoms with Gasteiger partial charge in [-0.3, -0.25) is 19.8 Å². The summed E-state index contributed by atoms with van der Waals surface area (Å²) in [6.07, 6.45) is 1.60. The molecule has 0 fully saturated rings. The van der Waals surface area contributed by atoms with Gasteiger partial charge in [-0.15, -0.1) is 0 Å². The summed E-state index contributed by atoms with van der Waals surface area (Å²) < 4.78 is 0. The Labute approximate surface area is 184 Å². The molecule has 0 saturated carbocycles. The highest BCUT2D eigenvalue weighted by molar-refractivity contribution is 6.31. The normalized spacial score (nSPS) is 18.7. The van der Waals surface area contributed by atoms with Gasteiger partial charge in [-0.05, 0) is 43.0 Å². The van der Waals surface area contributed by atoms with E-state index in [-0.39, 0.29) is 22.9 Å². The summed E-state index contributed by atoms with van der Waals surface area (Å²) in [5.74, 6) is -0.621. The number of anilines is 1. The molecule has 0 aromatic heterocycles. The van der Waals surface area contributed by atoms with E-state index in [1.807, 2.05) is 13.0 Å². The van der Waals surface area contributed by atoms with Gasteiger partial charge < -0.3 is 5.73 Å². The lowest BCUT2D eigenvalue weighted by Gasteiger charge is -2.40. The van der Waals surface area contributed by atoms with Crippen molar-refractivity contribution >= 4 is 28.8 Å². The summed E-state index contributed by atoms with van der Waals surface area (Å²) in [5, 5.41) is 21.9. The monoisotopic (exact) mass is 434 g/mol. The summed E-state index contributed by atoms with van der Waals surface area (Å²) in [6.45, 7) is 1.86. The molecule has 7 nitrogen and oxygen atoms in total. The number of carbonyl (C=O) groups is 1. The van der Waals surface area contributed by atoms with E-state index < -0.39 is 10.8 Å². The van der Waals surface area contributed by atoms with Gasteiger partial charge in [0.25, 0.3) is 5.69 Å². The molecule has 4 rings (SSSR count). The standard InChI is InChI=1S/C23H19ClN4O3/c1-13-17(24)7-3-8-18(13)27-19-9-4-10-20(29)22(19)21(16(12-25)23(27)26)14-5-2-6-15(11-14)28(30)31/h2-3,5-8,11,21H,4,9-10,26H2,1H3/t21-/m1/s1. The molecule has 0 bridgehead atoms. The van der Waals surface area contributed by atoms with Crippen molar-refractivity contribution in [2.75, 3.05) is 4.90 Å². The molecule has 1 atom stereocenters. The van der Waals surface area contributed by atoms with Crippen molar-refractivity contribution in [1.82, 2.24) is 0 Å². The number of hydrogen-bond donors (Lipinski definition) is 1. The van der Waals surface area contributed by atoms with E-state index in [1.54, 1.807) is 29.2 Å². The number of benzene rings is 2. The highest BCUT2D eigenvalue weighted by atomic mass is 35.5. The molecule has 0 unspecified atom stereocenters. The summed E-state index contributed by atoms with van der Waals surface area (Å²) in [5.41, 5.74) is 9.78. The highest BCUT2D eigenvalue weighted by Gasteiger charge is 2.41. The van der Waals surface area contributed by atoms with Crippen LogP contribution in [0.15, 0.2) is 65.1 Å². The van der Waals surface area contributed by atoms with Crippen molar-refractivity contribution in [3.8, 4) is 6.07 Å². The van der Waals surface area contributed by atoms with Crippen molar-refractivity contribution in [3.63, 3.8) is 0 Å². The molecular weight excluding hydrogens is 416 g/mol. The number of rotatable bonds is 3. The number of Topliss-reactive ketones (excluding diaryl/α,β-unsaturated/α-hetero) is 1. The SMILES string of the molecule is Cc1c(Cl)cccc1N1C(N)=C(C#N)[C@@H](c2cccc([N+](=O)[O-])c2)C2=C1CCCC2=O. The third-order valence-corrected chi connectivity index (χ3v) is 6.22. The largest absolute Gasteiger partial charge is 0.384 e. The Morgan fingerprint density at radius 3 is 2.71 bits per heavy atom. The van der Waals surface area contributed by atoms with Gasteiger partial charge >= 0.3 is 0 Å². The van der Waals surface area contributed by atoms with Crippen LogP contribution in [0, 0.1) is 28.4 Å². The van der Waals surface area contributed by atoms with Gasteiger partial charge in [0.2, 0.25) is 0 Å². The molecule has 2 aliphatic rings. The quantitative estimate of drug-likeness (QED) is 0.545. The van der Waals surface area contributed by atoms with Crippen LogP contribution in [0.1, 0.15) is 36.3 Å². The Balaban J connectivity index is 2.00. The van der Waals surface area contributed by atoms with Crippen molar-refractivity contribution in [2.24, 2.45) is 5.73 Å². The lowest BCUT2D eigenvalue weighted by atomic mass is 9.75. The predicted molar refractivity (Wildman–Crippen MR) is 117 cm³/mol. The Morgan fingerprint density at radius 1 is 1.26 bits per heavy atom. The first-order valence-electron chi connectivity index (χ1n) is 9.80. The van der Waals surface area contributed by atoms with Crippen LogP contribution in [-0.4, -0.2) is 10.7 Å². The number of nitrogens with zero attached hydrogens (tertiary/aromatic N) is 3. The number of nitro groups is 1. The number of allylic oxidation sites excluding steroid dienone is 3. The zero-order valence-corrected chi connectivity index (χ0v) is 17.5. The van der Waals surface area contributed by atoms with Gasteiger partial charge in [-0.2, -0.15) is 5.26 Å². The van der Waals surface area contributed by atoms with Gasteiger partial charge in [0.15, 0.2) is 5.78 Å². The van der Waals surface area contributed by atoms with Crippen molar-refractivity contribution < 1.29 is 9.72 Å². The molecule has 0 amide bonds. The molecule has 0 saturated heterocycles. The first kappa shape index (κ1) is 20.6. The predicted octanol–water partition coefficient (Wildman–Crippen LogP) is 4.86. The number of halogens is 1. The summed E-state index contributed by atoms with van der Waals surface area (Å²) in [7, 11) is 0.